The van der Waals surface area contributed by atoms with Gasteiger partial charge in [-0.25, -0.2) is 0 Å². The molecule has 142 valence electrons. The van der Waals surface area contributed by atoms with Gasteiger partial charge in [-0.1, -0.05) is 72.8 Å². The second kappa shape index (κ2) is 8.50. The highest BCUT2D eigenvalue weighted by atomic mass is 16.7. The summed E-state index contributed by atoms with van der Waals surface area (Å²) in [4.78, 5) is 23.0. The average molecular weight is 380 g/mol. The molecule has 0 unspecified atom stereocenters. The molecule has 0 aliphatic rings. The van der Waals surface area contributed by atoms with E-state index in [0.29, 0.717) is 16.8 Å². The summed E-state index contributed by atoms with van der Waals surface area (Å²) >= 11 is 0. The van der Waals surface area contributed by atoms with Crippen LogP contribution >= 0.6 is 0 Å². The van der Waals surface area contributed by atoms with E-state index in [4.69, 9.17) is 4.84 Å². The fourth-order valence-electron chi connectivity index (χ4n) is 3.23. The molecule has 0 fully saturated rings. The molecule has 3 aromatic carbocycles. The molecule has 4 aromatic rings. The van der Waals surface area contributed by atoms with E-state index >= 15 is 0 Å². The van der Waals surface area contributed by atoms with Gasteiger partial charge in [0.15, 0.2) is 0 Å². The van der Waals surface area contributed by atoms with Gasteiger partial charge in [0.2, 0.25) is 0 Å². The molecule has 0 spiro atoms. The Balaban J connectivity index is 1.76. The van der Waals surface area contributed by atoms with Crippen molar-refractivity contribution < 1.29 is 9.63 Å². The lowest BCUT2D eigenvalue weighted by Gasteiger charge is -2.21. The number of aromatic nitrogens is 1. The van der Waals surface area contributed by atoms with Crippen molar-refractivity contribution >= 4 is 34.6 Å². The normalized spacial score (nSPS) is 11.1. The smallest absolute Gasteiger partial charge is 0.269 e. The lowest BCUT2D eigenvalue weighted by molar-refractivity contribution is 0.0774. The molecular weight excluding hydrogens is 360 g/mol. The van der Waals surface area contributed by atoms with E-state index in [1.807, 2.05) is 60.7 Å². The number of hydroxylamine groups is 1. The van der Waals surface area contributed by atoms with Crippen molar-refractivity contribution in [2.75, 3.05) is 12.2 Å². The Morgan fingerprint density at radius 3 is 2.31 bits per heavy atom. The molecule has 1 aromatic heterocycles. The van der Waals surface area contributed by atoms with Crippen LogP contribution in [0.25, 0.3) is 23.1 Å². The van der Waals surface area contributed by atoms with Crippen LogP contribution in [0.2, 0.25) is 0 Å². The topological polar surface area (TPSA) is 42.4 Å². The van der Waals surface area contributed by atoms with Crippen molar-refractivity contribution in [3.05, 3.63) is 108 Å². The third-order valence-electron chi connectivity index (χ3n) is 4.64. The van der Waals surface area contributed by atoms with E-state index in [9.17, 15) is 4.79 Å². The van der Waals surface area contributed by atoms with Gasteiger partial charge in [-0.05, 0) is 35.4 Å². The van der Waals surface area contributed by atoms with Gasteiger partial charge in [0, 0.05) is 17.1 Å². The molecule has 0 radical (unpaired) electrons. The number of benzene rings is 3. The van der Waals surface area contributed by atoms with Crippen LogP contribution in [0.5, 0.6) is 0 Å². The Bertz CT molecular complexity index is 1160. The first-order valence-corrected chi connectivity index (χ1v) is 9.32. The van der Waals surface area contributed by atoms with Gasteiger partial charge in [0.1, 0.15) is 0 Å². The molecule has 0 atom stereocenters. The molecule has 4 rings (SSSR count). The van der Waals surface area contributed by atoms with E-state index in [1.54, 1.807) is 18.3 Å². The standard InChI is InChI=1S/C25H20N2O2/c1-29-27(25(28)21-11-6-3-7-12-21)23-17-16-20(22-13-8-18-26-24(22)23)15-14-19-9-4-2-5-10-19/h2-18H,1H3. The lowest BCUT2D eigenvalue weighted by Crippen LogP contribution is -2.30. The number of hydrogen-bond donors (Lipinski definition) is 0. The predicted molar refractivity (Wildman–Crippen MR) is 117 cm³/mol. The van der Waals surface area contributed by atoms with Crippen LogP contribution in [-0.2, 0) is 4.84 Å². The van der Waals surface area contributed by atoms with Crippen molar-refractivity contribution in [3.8, 4) is 0 Å². The Morgan fingerprint density at radius 1 is 0.862 bits per heavy atom. The number of rotatable bonds is 5. The largest absolute Gasteiger partial charge is 0.282 e. The van der Waals surface area contributed by atoms with E-state index in [-0.39, 0.29) is 5.91 Å². The molecule has 1 amide bonds. The second-order valence-electron chi connectivity index (χ2n) is 6.47. The highest BCUT2D eigenvalue weighted by Gasteiger charge is 2.21. The second-order valence-corrected chi connectivity index (χ2v) is 6.47. The van der Waals surface area contributed by atoms with Crippen molar-refractivity contribution in [2.45, 2.75) is 0 Å². The molecule has 0 aliphatic heterocycles. The summed E-state index contributed by atoms with van der Waals surface area (Å²) < 4.78 is 0. The lowest BCUT2D eigenvalue weighted by atomic mass is 10.0. The summed E-state index contributed by atoms with van der Waals surface area (Å²) in [5.74, 6) is -0.243. The highest BCUT2D eigenvalue weighted by Crippen LogP contribution is 2.30. The number of anilines is 1. The van der Waals surface area contributed by atoms with Crippen LogP contribution in [0.15, 0.2) is 91.1 Å². The summed E-state index contributed by atoms with van der Waals surface area (Å²) in [6.45, 7) is 0. The van der Waals surface area contributed by atoms with E-state index in [0.717, 1.165) is 16.5 Å². The predicted octanol–water partition coefficient (Wildman–Crippen LogP) is 5.61. The molecule has 0 bridgehead atoms. The first-order chi connectivity index (χ1) is 14.3. The summed E-state index contributed by atoms with van der Waals surface area (Å²) in [6, 6.07) is 26.9. The number of pyridine rings is 1. The van der Waals surface area contributed by atoms with Gasteiger partial charge in [-0.2, -0.15) is 5.06 Å². The molecular formula is C25H20N2O2. The third kappa shape index (κ3) is 3.93. The number of carbonyl (C=O) groups is 1. The zero-order valence-corrected chi connectivity index (χ0v) is 16.0. The molecule has 1 heterocycles. The zero-order chi connectivity index (χ0) is 20.1. The minimum Gasteiger partial charge on any atom is -0.269 e. The summed E-state index contributed by atoms with van der Waals surface area (Å²) in [5.41, 5.74) is 3.99. The van der Waals surface area contributed by atoms with E-state index in [1.165, 1.54) is 12.2 Å². The van der Waals surface area contributed by atoms with Crippen molar-refractivity contribution in [1.82, 2.24) is 4.98 Å². The number of amides is 1. The Labute approximate surface area is 169 Å². The molecule has 4 heteroatoms. The van der Waals surface area contributed by atoms with Gasteiger partial charge in [-0.3, -0.25) is 14.6 Å². The molecule has 0 N–H and O–H groups in total. The summed E-state index contributed by atoms with van der Waals surface area (Å²) in [5, 5.41) is 2.23. The van der Waals surface area contributed by atoms with Crippen molar-refractivity contribution in [3.63, 3.8) is 0 Å². The van der Waals surface area contributed by atoms with E-state index < -0.39 is 0 Å². The van der Waals surface area contributed by atoms with Gasteiger partial charge < -0.3 is 0 Å². The first-order valence-electron chi connectivity index (χ1n) is 9.32. The maximum Gasteiger partial charge on any atom is 0.282 e. The minimum atomic E-state index is -0.243. The zero-order valence-electron chi connectivity index (χ0n) is 16.0. The molecule has 0 saturated carbocycles. The Morgan fingerprint density at radius 2 is 1.59 bits per heavy atom. The van der Waals surface area contributed by atoms with Crippen LogP contribution in [0.4, 0.5) is 5.69 Å². The molecule has 0 aliphatic carbocycles. The Hall–Kier alpha value is -3.76. The Kier molecular flexibility index (Phi) is 5.45. The van der Waals surface area contributed by atoms with Crippen LogP contribution in [0.1, 0.15) is 21.5 Å². The quantitative estimate of drug-likeness (QED) is 0.334. The van der Waals surface area contributed by atoms with E-state index in [2.05, 4.69) is 29.3 Å². The maximum atomic E-state index is 13.0. The summed E-state index contributed by atoms with van der Waals surface area (Å²) in [7, 11) is 1.48. The van der Waals surface area contributed by atoms with Crippen LogP contribution in [-0.4, -0.2) is 18.0 Å². The number of carbonyl (C=O) groups excluding carboxylic acids is 1. The van der Waals surface area contributed by atoms with Gasteiger partial charge in [0.25, 0.3) is 5.91 Å². The fraction of sp³-hybridized carbons (Fsp3) is 0.0400. The SMILES string of the molecule is CON(C(=O)c1ccccc1)c1ccc(C=Cc2ccccc2)c2cccnc12. The third-order valence-corrected chi connectivity index (χ3v) is 4.64. The summed E-state index contributed by atoms with van der Waals surface area (Å²) in [6.07, 6.45) is 5.83. The minimum absolute atomic E-state index is 0.243. The van der Waals surface area contributed by atoms with Crippen molar-refractivity contribution in [2.24, 2.45) is 0 Å². The van der Waals surface area contributed by atoms with Gasteiger partial charge in [-0.15, -0.1) is 0 Å². The van der Waals surface area contributed by atoms with Crippen LogP contribution in [0, 0.1) is 0 Å². The van der Waals surface area contributed by atoms with Gasteiger partial charge >= 0.3 is 0 Å². The number of fused-ring (bicyclic) bond motifs is 1. The van der Waals surface area contributed by atoms with Crippen molar-refractivity contribution in [1.29, 1.82) is 0 Å². The fourth-order valence-corrected chi connectivity index (χ4v) is 3.23. The van der Waals surface area contributed by atoms with Crippen LogP contribution < -0.4 is 5.06 Å². The molecule has 4 nitrogen and oxygen atoms in total. The maximum absolute atomic E-state index is 13.0. The molecule has 29 heavy (non-hydrogen) atoms. The monoisotopic (exact) mass is 380 g/mol. The highest BCUT2D eigenvalue weighted by molar-refractivity contribution is 6.09. The molecule has 0 saturated heterocycles. The van der Waals surface area contributed by atoms with Gasteiger partial charge in [0.05, 0.1) is 18.3 Å². The number of nitrogens with zero attached hydrogens (tertiary/aromatic N) is 2. The number of hydrogen-bond acceptors (Lipinski definition) is 3. The first kappa shape index (κ1) is 18.6. The average Bonchev–Trinajstić information content (AvgIpc) is 2.80. The van der Waals surface area contributed by atoms with Crippen LogP contribution in [0.3, 0.4) is 0 Å².